The molecule has 0 heterocycles. The lowest BCUT2D eigenvalue weighted by Crippen LogP contribution is -2.32. The van der Waals surface area contributed by atoms with Gasteiger partial charge in [-0.25, -0.2) is 0 Å². The molecule has 6 nitrogen and oxygen atoms in total. The van der Waals surface area contributed by atoms with Crippen LogP contribution in [0.15, 0.2) is 18.2 Å². The number of aliphatic carboxylic acids is 1. The van der Waals surface area contributed by atoms with Crippen LogP contribution in [0.5, 0.6) is 5.75 Å². The van der Waals surface area contributed by atoms with E-state index in [1.807, 2.05) is 0 Å². The van der Waals surface area contributed by atoms with Gasteiger partial charge in [0.15, 0.2) is 4.98 Å². The third kappa shape index (κ3) is 2.65. The van der Waals surface area contributed by atoms with Crippen molar-refractivity contribution in [2.75, 3.05) is 0 Å². The number of rotatable bonds is 3. The van der Waals surface area contributed by atoms with Crippen molar-refractivity contribution < 1.29 is 15.0 Å². The molecule has 1 aromatic rings. The summed E-state index contributed by atoms with van der Waals surface area (Å²) in [6.07, 6.45) is 0.109. The zero-order valence-electron chi connectivity index (χ0n) is 7.79. The smallest absolute Gasteiger partial charge is 0.426 e. The Kier molecular flexibility index (Phi) is 3.21. The van der Waals surface area contributed by atoms with Crippen LogP contribution < -0.4 is 5.73 Å². The maximum atomic E-state index is 10.5. The Bertz CT molecular complexity index is 425. The molecule has 4 N–H and O–H groups in total. The van der Waals surface area contributed by atoms with Crippen molar-refractivity contribution >= 4 is 11.7 Å². The van der Waals surface area contributed by atoms with Gasteiger partial charge < -0.3 is 15.9 Å². The van der Waals surface area contributed by atoms with Crippen molar-refractivity contribution in [2.45, 2.75) is 12.5 Å². The second-order valence-corrected chi connectivity index (χ2v) is 3.07. The Labute approximate surface area is 85.6 Å². The van der Waals surface area contributed by atoms with E-state index >= 15 is 0 Å². The predicted molar refractivity (Wildman–Crippen MR) is 52.2 cm³/mol. The number of hydrogen-bond donors (Lipinski definition) is 3. The molecule has 0 aliphatic rings. The molecule has 0 saturated heterocycles. The maximum Gasteiger partial charge on any atom is 0.426 e. The van der Waals surface area contributed by atoms with Crippen molar-refractivity contribution in [3.05, 3.63) is 28.7 Å². The summed E-state index contributed by atoms with van der Waals surface area (Å²) in [4.78, 5) is 13.3. The van der Waals surface area contributed by atoms with Crippen molar-refractivity contribution in [3.63, 3.8) is 0 Å². The second-order valence-electron chi connectivity index (χ2n) is 3.07. The van der Waals surface area contributed by atoms with Crippen LogP contribution in [0.2, 0.25) is 0 Å². The summed E-state index contributed by atoms with van der Waals surface area (Å²) < 4.78 is 0. The molecule has 15 heavy (non-hydrogen) atoms. The van der Waals surface area contributed by atoms with Crippen LogP contribution in [-0.4, -0.2) is 22.2 Å². The number of phenols is 1. The fraction of sp³-hybridized carbons (Fsp3) is 0.222. The average molecular weight is 208 g/mol. The fourth-order valence-electron chi connectivity index (χ4n) is 1.12. The molecule has 1 aromatic carbocycles. The molecular formula is C9H10N3O3+. The van der Waals surface area contributed by atoms with Gasteiger partial charge in [0.25, 0.3) is 0 Å². The van der Waals surface area contributed by atoms with E-state index in [-0.39, 0.29) is 17.9 Å². The van der Waals surface area contributed by atoms with Gasteiger partial charge in [-0.3, -0.25) is 4.79 Å². The molecule has 0 amide bonds. The molecule has 0 fully saturated rings. The van der Waals surface area contributed by atoms with E-state index in [9.17, 15) is 9.90 Å². The monoisotopic (exact) mass is 208 g/mol. The molecule has 1 atom stereocenters. The van der Waals surface area contributed by atoms with Crippen LogP contribution in [0.4, 0.5) is 5.69 Å². The SMILES string of the molecule is N#[N+]c1cc(C[C@H](N)C(=O)O)ccc1O. The van der Waals surface area contributed by atoms with E-state index in [2.05, 4.69) is 4.98 Å². The number of carboxylic acid groups (broad SMARTS) is 1. The zero-order chi connectivity index (χ0) is 11.4. The molecule has 0 radical (unpaired) electrons. The van der Waals surface area contributed by atoms with Gasteiger partial charge in [-0.1, -0.05) is 6.07 Å². The van der Waals surface area contributed by atoms with Gasteiger partial charge in [0.1, 0.15) is 6.04 Å². The number of benzene rings is 1. The van der Waals surface area contributed by atoms with Crippen molar-refractivity contribution in [3.8, 4) is 5.75 Å². The Morgan fingerprint density at radius 1 is 1.60 bits per heavy atom. The molecule has 6 heteroatoms. The quantitative estimate of drug-likeness (QED) is 0.637. The molecule has 0 saturated carbocycles. The van der Waals surface area contributed by atoms with E-state index in [4.69, 9.17) is 16.2 Å². The molecule has 0 aliphatic heterocycles. The standard InChI is InChI=1S/C9H9N3O3/c10-6(9(14)15)3-5-1-2-8(13)7(4-5)12-11/h1-2,4,6H,3,10H2,(H-,13,14,15)/p+1/t6-/m0/s1. The van der Waals surface area contributed by atoms with Gasteiger partial charge in [-0.05, 0) is 18.1 Å². The molecule has 0 aromatic heterocycles. The Balaban J connectivity index is 2.89. The highest BCUT2D eigenvalue weighted by molar-refractivity contribution is 5.73. The third-order valence-electron chi connectivity index (χ3n) is 1.92. The molecule has 78 valence electrons. The fourth-order valence-corrected chi connectivity index (χ4v) is 1.12. The first kappa shape index (κ1) is 10.9. The second kappa shape index (κ2) is 4.39. The summed E-state index contributed by atoms with van der Waals surface area (Å²) >= 11 is 0. The Morgan fingerprint density at radius 3 is 2.80 bits per heavy atom. The van der Waals surface area contributed by atoms with Crippen LogP contribution >= 0.6 is 0 Å². The van der Waals surface area contributed by atoms with Crippen molar-refractivity contribution in [2.24, 2.45) is 5.73 Å². The molecule has 0 spiro atoms. The summed E-state index contributed by atoms with van der Waals surface area (Å²) in [5.74, 6) is -1.28. The van der Waals surface area contributed by atoms with E-state index in [0.717, 1.165) is 0 Å². The molecule has 0 bridgehead atoms. The third-order valence-corrected chi connectivity index (χ3v) is 1.92. The number of nitrogens with zero attached hydrogens (tertiary/aromatic N) is 2. The first-order valence-electron chi connectivity index (χ1n) is 4.20. The van der Waals surface area contributed by atoms with E-state index in [0.29, 0.717) is 5.56 Å². The largest absolute Gasteiger partial charge is 0.501 e. The lowest BCUT2D eigenvalue weighted by atomic mass is 10.1. The Hall–Kier alpha value is -2.13. The molecule has 1 rings (SSSR count). The maximum absolute atomic E-state index is 10.5. The number of diazo groups is 1. The van der Waals surface area contributed by atoms with Gasteiger partial charge in [0, 0.05) is 6.07 Å². The first-order chi connectivity index (χ1) is 7.04. The summed E-state index contributed by atoms with van der Waals surface area (Å²) in [6, 6.07) is 3.20. The van der Waals surface area contributed by atoms with Gasteiger partial charge >= 0.3 is 11.7 Å². The predicted octanol–water partition coefficient (Wildman–Crippen LogP) is 0.831. The lowest BCUT2D eigenvalue weighted by molar-refractivity contribution is -0.138. The number of hydrogen-bond acceptors (Lipinski definition) is 4. The van der Waals surface area contributed by atoms with Crippen LogP contribution in [0.3, 0.4) is 0 Å². The van der Waals surface area contributed by atoms with Crippen molar-refractivity contribution in [1.82, 2.24) is 0 Å². The number of aromatic hydroxyl groups is 1. The molecule has 0 aliphatic carbocycles. The van der Waals surface area contributed by atoms with Crippen LogP contribution in [0.1, 0.15) is 5.56 Å². The minimum absolute atomic E-state index is 0.00918. The van der Waals surface area contributed by atoms with E-state index in [1.54, 1.807) is 0 Å². The van der Waals surface area contributed by atoms with Crippen LogP contribution in [-0.2, 0) is 11.2 Å². The molecule has 0 unspecified atom stereocenters. The topological polar surface area (TPSA) is 112 Å². The van der Waals surface area contributed by atoms with Gasteiger partial charge in [-0.2, -0.15) is 0 Å². The van der Waals surface area contributed by atoms with E-state index in [1.165, 1.54) is 18.2 Å². The normalized spacial score (nSPS) is 11.7. The number of carboxylic acids is 1. The number of phenolic OH excluding ortho intramolecular Hbond substituents is 1. The summed E-state index contributed by atoms with van der Waals surface area (Å²) in [5, 5.41) is 26.3. The van der Waals surface area contributed by atoms with E-state index < -0.39 is 12.0 Å². The molecular weight excluding hydrogens is 198 g/mol. The minimum Gasteiger partial charge on any atom is -0.501 e. The highest BCUT2D eigenvalue weighted by Crippen LogP contribution is 2.27. The summed E-state index contributed by atoms with van der Waals surface area (Å²) in [6.45, 7) is 0. The highest BCUT2D eigenvalue weighted by Gasteiger charge is 2.17. The number of nitrogens with two attached hydrogens (primary N) is 1. The Morgan fingerprint density at radius 2 is 2.27 bits per heavy atom. The number of carbonyl (C=O) groups is 1. The van der Waals surface area contributed by atoms with Gasteiger partial charge in [0.05, 0.1) is 0 Å². The summed E-state index contributed by atoms with van der Waals surface area (Å²) in [5.41, 5.74) is 5.89. The van der Waals surface area contributed by atoms with Crippen LogP contribution in [0, 0.1) is 5.39 Å². The summed E-state index contributed by atoms with van der Waals surface area (Å²) in [7, 11) is 0. The van der Waals surface area contributed by atoms with Gasteiger partial charge in [0.2, 0.25) is 11.1 Å². The first-order valence-corrected chi connectivity index (χ1v) is 4.20. The van der Waals surface area contributed by atoms with Gasteiger partial charge in [-0.15, -0.1) is 0 Å². The minimum atomic E-state index is -1.11. The average Bonchev–Trinajstić information content (AvgIpc) is 2.20. The van der Waals surface area contributed by atoms with Crippen LogP contribution in [0.25, 0.3) is 4.98 Å². The zero-order valence-corrected chi connectivity index (χ0v) is 7.79. The highest BCUT2D eigenvalue weighted by atomic mass is 16.4. The van der Waals surface area contributed by atoms with Crippen molar-refractivity contribution in [1.29, 1.82) is 5.39 Å². The lowest BCUT2D eigenvalue weighted by Gasteiger charge is -2.04.